The van der Waals surface area contributed by atoms with Crippen LogP contribution < -0.4 is 5.32 Å². The molecule has 0 aliphatic heterocycles. The maximum atomic E-state index is 12.5. The van der Waals surface area contributed by atoms with Crippen molar-refractivity contribution in [2.45, 2.75) is 72.3 Å². The van der Waals surface area contributed by atoms with Gasteiger partial charge in [0.25, 0.3) is 5.95 Å². The summed E-state index contributed by atoms with van der Waals surface area (Å²) < 4.78 is 1.75. The first kappa shape index (κ1) is 17.6. The molecular formula is C19H27N5O. The molecule has 0 bridgehead atoms. The fraction of sp³-hybridized carbons (Fsp3) is 0.579. The second-order valence-corrected chi connectivity index (χ2v) is 7.09. The summed E-state index contributed by atoms with van der Waals surface area (Å²) in [6, 6.07) is 2.27. The van der Waals surface area contributed by atoms with Gasteiger partial charge in [-0.25, -0.2) is 14.6 Å². The Kier molecular flexibility index (Phi) is 5.16. The van der Waals surface area contributed by atoms with Crippen LogP contribution in [0.4, 0.5) is 0 Å². The van der Waals surface area contributed by atoms with Gasteiger partial charge >= 0.3 is 0 Å². The molecule has 1 N–H and O–H groups in total. The molecule has 25 heavy (non-hydrogen) atoms. The lowest BCUT2D eigenvalue weighted by atomic mass is 9.95. The van der Waals surface area contributed by atoms with Crippen LogP contribution in [-0.4, -0.2) is 31.7 Å². The van der Waals surface area contributed by atoms with Crippen molar-refractivity contribution in [2.75, 3.05) is 0 Å². The molecule has 0 saturated heterocycles. The third-order valence-corrected chi connectivity index (χ3v) is 4.91. The lowest BCUT2D eigenvalue weighted by Gasteiger charge is -2.22. The van der Waals surface area contributed by atoms with Crippen molar-refractivity contribution in [3.63, 3.8) is 0 Å². The summed E-state index contributed by atoms with van der Waals surface area (Å²) in [5, 5.41) is 7.76. The summed E-state index contributed by atoms with van der Waals surface area (Å²) in [6.07, 6.45) is 6.26. The van der Waals surface area contributed by atoms with E-state index < -0.39 is 0 Å². The van der Waals surface area contributed by atoms with Crippen LogP contribution in [-0.2, 0) is 11.2 Å². The minimum atomic E-state index is 0.0824. The van der Waals surface area contributed by atoms with E-state index in [9.17, 15) is 4.79 Å². The molecule has 2 aromatic rings. The molecular weight excluding hydrogens is 314 g/mol. The van der Waals surface area contributed by atoms with Gasteiger partial charge in [-0.3, -0.25) is 4.79 Å². The molecule has 0 unspecified atom stereocenters. The minimum absolute atomic E-state index is 0.0824. The first-order valence-corrected chi connectivity index (χ1v) is 9.11. The zero-order chi connectivity index (χ0) is 18.0. The molecule has 1 amide bonds. The van der Waals surface area contributed by atoms with Crippen LogP contribution in [0.2, 0.25) is 0 Å². The predicted molar refractivity (Wildman–Crippen MR) is 96.8 cm³/mol. The molecule has 0 atom stereocenters. The molecule has 2 aromatic heterocycles. The van der Waals surface area contributed by atoms with Crippen LogP contribution in [0, 0.1) is 27.7 Å². The van der Waals surface area contributed by atoms with Crippen molar-refractivity contribution >= 4 is 5.91 Å². The number of nitrogens with one attached hydrogen (secondary N) is 1. The van der Waals surface area contributed by atoms with Gasteiger partial charge in [0.05, 0.1) is 12.1 Å². The number of aromatic nitrogens is 4. The molecule has 0 spiro atoms. The highest BCUT2D eigenvalue weighted by Crippen LogP contribution is 2.19. The fourth-order valence-electron chi connectivity index (χ4n) is 3.61. The van der Waals surface area contributed by atoms with Crippen LogP contribution >= 0.6 is 0 Å². The first-order chi connectivity index (χ1) is 11.9. The van der Waals surface area contributed by atoms with E-state index in [0.717, 1.165) is 41.2 Å². The van der Waals surface area contributed by atoms with Crippen molar-refractivity contribution in [3.8, 4) is 5.95 Å². The molecule has 0 radical (unpaired) electrons. The zero-order valence-electron chi connectivity index (χ0n) is 15.6. The highest BCUT2D eigenvalue weighted by molar-refractivity contribution is 5.79. The maximum Gasteiger partial charge on any atom is 0.251 e. The SMILES string of the molecule is Cc1cc(C)nc(-n2nc(C)c(CC(=O)NC3CCCCC3)c2C)n1. The molecule has 1 fully saturated rings. The number of nitrogens with zero attached hydrogens (tertiary/aromatic N) is 4. The van der Waals surface area contributed by atoms with Crippen molar-refractivity contribution in [2.24, 2.45) is 0 Å². The quantitative estimate of drug-likeness (QED) is 0.928. The number of carbonyl (C=O) groups excluding carboxylic acids is 1. The highest BCUT2D eigenvalue weighted by atomic mass is 16.1. The minimum Gasteiger partial charge on any atom is -0.353 e. The second-order valence-electron chi connectivity index (χ2n) is 7.09. The molecule has 3 rings (SSSR count). The Bertz CT molecular complexity index is 754. The number of carbonyl (C=O) groups is 1. The van der Waals surface area contributed by atoms with Gasteiger partial charge in [0.15, 0.2) is 0 Å². The number of hydrogen-bond donors (Lipinski definition) is 1. The van der Waals surface area contributed by atoms with Crippen molar-refractivity contribution in [3.05, 3.63) is 34.4 Å². The maximum absolute atomic E-state index is 12.5. The highest BCUT2D eigenvalue weighted by Gasteiger charge is 2.20. The molecule has 1 aliphatic rings. The summed E-state index contributed by atoms with van der Waals surface area (Å²) in [5.74, 6) is 0.649. The van der Waals surface area contributed by atoms with E-state index in [1.165, 1.54) is 19.3 Å². The van der Waals surface area contributed by atoms with E-state index in [1.54, 1.807) is 4.68 Å². The molecule has 134 valence electrons. The molecule has 2 heterocycles. The van der Waals surface area contributed by atoms with Crippen molar-refractivity contribution in [1.29, 1.82) is 0 Å². The Balaban J connectivity index is 1.78. The monoisotopic (exact) mass is 341 g/mol. The largest absolute Gasteiger partial charge is 0.353 e. The Morgan fingerprint density at radius 3 is 2.40 bits per heavy atom. The number of hydrogen-bond acceptors (Lipinski definition) is 4. The smallest absolute Gasteiger partial charge is 0.251 e. The second kappa shape index (κ2) is 7.33. The van der Waals surface area contributed by atoms with Gasteiger partial charge in [-0.1, -0.05) is 19.3 Å². The summed E-state index contributed by atoms with van der Waals surface area (Å²) in [6.45, 7) is 7.81. The van der Waals surface area contributed by atoms with Gasteiger partial charge in [0.2, 0.25) is 5.91 Å². The van der Waals surface area contributed by atoms with E-state index in [0.29, 0.717) is 18.4 Å². The van der Waals surface area contributed by atoms with E-state index in [4.69, 9.17) is 0 Å². The topological polar surface area (TPSA) is 72.7 Å². The van der Waals surface area contributed by atoms with E-state index >= 15 is 0 Å². The summed E-state index contributed by atoms with van der Waals surface area (Å²) in [5.41, 5.74) is 4.58. The Hall–Kier alpha value is -2.24. The molecule has 1 saturated carbocycles. The summed E-state index contributed by atoms with van der Waals surface area (Å²) in [4.78, 5) is 21.4. The van der Waals surface area contributed by atoms with E-state index in [2.05, 4.69) is 20.4 Å². The molecule has 6 nitrogen and oxygen atoms in total. The molecule has 6 heteroatoms. The average Bonchev–Trinajstić information content (AvgIpc) is 2.83. The standard InChI is InChI=1S/C19H27N5O/c1-12-10-13(2)21-19(20-12)24-15(4)17(14(3)23-24)11-18(25)22-16-8-6-5-7-9-16/h10,16H,5-9,11H2,1-4H3,(H,22,25). The van der Waals surface area contributed by atoms with Gasteiger partial charge in [-0.05, 0) is 46.6 Å². The Morgan fingerprint density at radius 2 is 1.76 bits per heavy atom. The average molecular weight is 341 g/mol. The van der Waals surface area contributed by atoms with Crippen LogP contribution in [0.3, 0.4) is 0 Å². The lowest BCUT2D eigenvalue weighted by Crippen LogP contribution is -2.37. The van der Waals surface area contributed by atoms with Crippen molar-refractivity contribution in [1.82, 2.24) is 25.1 Å². The van der Waals surface area contributed by atoms with Crippen LogP contribution in [0.1, 0.15) is 60.4 Å². The van der Waals surface area contributed by atoms with Gasteiger partial charge in [0, 0.05) is 28.7 Å². The van der Waals surface area contributed by atoms with Crippen LogP contribution in [0.15, 0.2) is 6.07 Å². The number of amides is 1. The van der Waals surface area contributed by atoms with Crippen LogP contribution in [0.5, 0.6) is 0 Å². The van der Waals surface area contributed by atoms with Gasteiger partial charge in [-0.2, -0.15) is 5.10 Å². The van der Waals surface area contributed by atoms with Crippen molar-refractivity contribution < 1.29 is 4.79 Å². The Morgan fingerprint density at radius 1 is 1.12 bits per heavy atom. The molecule has 0 aromatic carbocycles. The predicted octanol–water partition coefficient (Wildman–Crippen LogP) is 2.89. The van der Waals surface area contributed by atoms with Gasteiger partial charge in [0.1, 0.15) is 0 Å². The van der Waals surface area contributed by atoms with E-state index in [-0.39, 0.29) is 5.91 Å². The summed E-state index contributed by atoms with van der Waals surface area (Å²) in [7, 11) is 0. The first-order valence-electron chi connectivity index (χ1n) is 9.11. The number of rotatable bonds is 4. The normalized spacial score (nSPS) is 15.4. The van der Waals surface area contributed by atoms with E-state index in [1.807, 2.05) is 33.8 Å². The van der Waals surface area contributed by atoms with Crippen LogP contribution in [0.25, 0.3) is 5.95 Å². The van der Waals surface area contributed by atoms with Gasteiger partial charge in [-0.15, -0.1) is 0 Å². The zero-order valence-corrected chi connectivity index (χ0v) is 15.6. The summed E-state index contributed by atoms with van der Waals surface area (Å²) >= 11 is 0. The third-order valence-electron chi connectivity index (χ3n) is 4.91. The molecule has 1 aliphatic carbocycles. The lowest BCUT2D eigenvalue weighted by molar-refractivity contribution is -0.121. The third kappa shape index (κ3) is 4.06. The number of aryl methyl sites for hydroxylation is 3. The van der Waals surface area contributed by atoms with Gasteiger partial charge < -0.3 is 5.32 Å². The Labute approximate surface area is 149 Å². The fourth-order valence-corrected chi connectivity index (χ4v) is 3.61.